The molecule has 144 valence electrons. The Balaban J connectivity index is 2.12. The number of amides is 2. The van der Waals surface area contributed by atoms with Gasteiger partial charge in [-0.2, -0.15) is 13.2 Å². The molecule has 26 heavy (non-hydrogen) atoms. The highest BCUT2D eigenvalue weighted by Crippen LogP contribution is 2.26. The molecule has 2 rings (SSSR count). The Kier molecular flexibility index (Phi) is 5.91. The van der Waals surface area contributed by atoms with Crippen molar-refractivity contribution < 1.29 is 31.2 Å². The van der Waals surface area contributed by atoms with E-state index in [2.05, 4.69) is 10.0 Å². The lowest BCUT2D eigenvalue weighted by Crippen LogP contribution is -2.43. The standard InChI is InChI=1S/C15H18F3N3O4S/c1-10(22)19-5-6-20-26(24,25)13-3-2-11-4-7-21(9-12(11)8-13)14(23)15(16,17)18/h2-3,8,20H,4-7,9H2,1H3,(H,19,22). The molecule has 2 amide bonds. The topological polar surface area (TPSA) is 95.6 Å². The van der Waals surface area contributed by atoms with Crippen molar-refractivity contribution >= 4 is 21.8 Å². The van der Waals surface area contributed by atoms with E-state index >= 15 is 0 Å². The molecule has 1 heterocycles. The Hall–Kier alpha value is -2.14. The molecule has 0 aliphatic carbocycles. The Morgan fingerprint density at radius 2 is 1.88 bits per heavy atom. The number of halogens is 3. The predicted octanol–water partition coefficient (Wildman–Crippen LogP) is 0.548. The van der Waals surface area contributed by atoms with Crippen LogP contribution in [0.3, 0.4) is 0 Å². The summed E-state index contributed by atoms with van der Waals surface area (Å²) < 4.78 is 64.5. The third-order valence-electron chi connectivity index (χ3n) is 3.82. The zero-order valence-electron chi connectivity index (χ0n) is 13.9. The Morgan fingerprint density at radius 3 is 2.50 bits per heavy atom. The van der Waals surface area contributed by atoms with Crippen LogP contribution >= 0.6 is 0 Å². The lowest BCUT2D eigenvalue weighted by Gasteiger charge is -2.29. The largest absolute Gasteiger partial charge is 0.471 e. The molecule has 0 aromatic heterocycles. The molecule has 1 aromatic carbocycles. The van der Waals surface area contributed by atoms with Crippen molar-refractivity contribution in [2.45, 2.75) is 31.0 Å². The number of fused-ring (bicyclic) bond motifs is 1. The minimum Gasteiger partial charge on any atom is -0.355 e. The summed E-state index contributed by atoms with van der Waals surface area (Å²) in [6.45, 7) is 0.992. The average molecular weight is 393 g/mol. The zero-order valence-corrected chi connectivity index (χ0v) is 14.7. The minimum atomic E-state index is -4.97. The molecule has 11 heteroatoms. The van der Waals surface area contributed by atoms with Crippen molar-refractivity contribution in [2.24, 2.45) is 0 Å². The highest BCUT2D eigenvalue weighted by atomic mass is 32.2. The predicted molar refractivity (Wildman–Crippen MR) is 85.5 cm³/mol. The molecule has 0 bridgehead atoms. The highest BCUT2D eigenvalue weighted by Gasteiger charge is 2.43. The highest BCUT2D eigenvalue weighted by molar-refractivity contribution is 7.89. The summed E-state index contributed by atoms with van der Waals surface area (Å²) in [5.74, 6) is -2.24. The fourth-order valence-corrected chi connectivity index (χ4v) is 3.64. The van der Waals surface area contributed by atoms with E-state index in [0.29, 0.717) is 16.0 Å². The number of hydrogen-bond donors (Lipinski definition) is 2. The van der Waals surface area contributed by atoms with E-state index in [0.717, 1.165) is 0 Å². The van der Waals surface area contributed by atoms with Gasteiger partial charge in [-0.25, -0.2) is 13.1 Å². The number of hydrogen-bond acceptors (Lipinski definition) is 4. The van der Waals surface area contributed by atoms with Crippen molar-refractivity contribution in [1.82, 2.24) is 14.9 Å². The molecule has 1 aromatic rings. The third-order valence-corrected chi connectivity index (χ3v) is 5.28. The van der Waals surface area contributed by atoms with Gasteiger partial charge in [-0.15, -0.1) is 0 Å². The first-order valence-corrected chi connectivity index (χ1v) is 9.21. The summed E-state index contributed by atoms with van der Waals surface area (Å²) in [6.07, 6.45) is -4.75. The van der Waals surface area contributed by atoms with Crippen LogP contribution in [0.15, 0.2) is 23.1 Å². The van der Waals surface area contributed by atoms with Crippen LogP contribution in [0, 0.1) is 0 Å². The summed E-state index contributed by atoms with van der Waals surface area (Å²) in [4.78, 5) is 22.7. The van der Waals surface area contributed by atoms with Gasteiger partial charge in [0.1, 0.15) is 0 Å². The second-order valence-electron chi connectivity index (χ2n) is 5.79. The molecule has 1 aliphatic rings. The van der Waals surface area contributed by atoms with E-state index in [9.17, 15) is 31.2 Å². The lowest BCUT2D eigenvalue weighted by atomic mass is 10.00. The molecule has 0 saturated heterocycles. The summed E-state index contributed by atoms with van der Waals surface area (Å²) in [5, 5.41) is 2.44. The number of carbonyl (C=O) groups excluding carboxylic acids is 2. The van der Waals surface area contributed by atoms with Gasteiger partial charge < -0.3 is 10.2 Å². The van der Waals surface area contributed by atoms with Crippen molar-refractivity contribution in [1.29, 1.82) is 0 Å². The van der Waals surface area contributed by atoms with Crippen LogP contribution in [-0.4, -0.2) is 50.9 Å². The summed E-state index contributed by atoms with van der Waals surface area (Å²) in [5.41, 5.74) is 1.06. The molecule has 2 N–H and O–H groups in total. The first kappa shape index (κ1) is 20.2. The first-order chi connectivity index (χ1) is 12.0. The smallest absolute Gasteiger partial charge is 0.355 e. The maximum absolute atomic E-state index is 12.6. The number of alkyl halides is 3. The first-order valence-electron chi connectivity index (χ1n) is 7.73. The van der Waals surface area contributed by atoms with Gasteiger partial charge in [0.15, 0.2) is 0 Å². The normalized spacial score (nSPS) is 14.7. The maximum atomic E-state index is 12.6. The van der Waals surface area contributed by atoms with Crippen molar-refractivity contribution in [3.05, 3.63) is 29.3 Å². The van der Waals surface area contributed by atoms with Crippen LogP contribution in [-0.2, 0) is 32.6 Å². The third kappa shape index (κ3) is 4.94. The van der Waals surface area contributed by atoms with Gasteiger partial charge in [0.05, 0.1) is 4.90 Å². The molecule has 0 radical (unpaired) electrons. The molecule has 0 saturated carbocycles. The van der Waals surface area contributed by atoms with Crippen molar-refractivity contribution in [3.8, 4) is 0 Å². The lowest BCUT2D eigenvalue weighted by molar-refractivity contribution is -0.186. The van der Waals surface area contributed by atoms with Crippen molar-refractivity contribution in [2.75, 3.05) is 19.6 Å². The molecular formula is C15H18F3N3O4S. The van der Waals surface area contributed by atoms with Gasteiger partial charge in [0, 0.05) is 33.1 Å². The van der Waals surface area contributed by atoms with E-state index in [1.165, 1.54) is 25.1 Å². The molecule has 0 unspecified atom stereocenters. The monoisotopic (exact) mass is 393 g/mol. The van der Waals surface area contributed by atoms with Gasteiger partial charge >= 0.3 is 12.1 Å². The van der Waals surface area contributed by atoms with E-state index in [-0.39, 0.29) is 43.4 Å². The fourth-order valence-electron chi connectivity index (χ4n) is 2.56. The van der Waals surface area contributed by atoms with Gasteiger partial charge in [-0.05, 0) is 29.7 Å². The number of rotatable bonds is 5. The van der Waals surface area contributed by atoms with Gasteiger partial charge in [0.2, 0.25) is 15.9 Å². The molecule has 7 nitrogen and oxygen atoms in total. The molecule has 1 aliphatic heterocycles. The van der Waals surface area contributed by atoms with E-state index < -0.39 is 22.1 Å². The number of carbonyl (C=O) groups is 2. The molecular weight excluding hydrogens is 375 g/mol. The van der Waals surface area contributed by atoms with E-state index in [1.54, 1.807) is 0 Å². The number of benzene rings is 1. The van der Waals surface area contributed by atoms with Gasteiger partial charge in [0.25, 0.3) is 0 Å². The second kappa shape index (κ2) is 7.62. The summed E-state index contributed by atoms with van der Waals surface area (Å²) in [7, 11) is -3.88. The molecule has 0 atom stereocenters. The Labute approximate surface area is 148 Å². The summed E-state index contributed by atoms with van der Waals surface area (Å²) in [6, 6.07) is 4.17. The van der Waals surface area contributed by atoms with Crippen molar-refractivity contribution in [3.63, 3.8) is 0 Å². The Morgan fingerprint density at radius 1 is 1.19 bits per heavy atom. The van der Waals surface area contributed by atoms with Gasteiger partial charge in [-0.3, -0.25) is 9.59 Å². The van der Waals surface area contributed by atoms with Crippen LogP contribution in [0.1, 0.15) is 18.1 Å². The number of sulfonamides is 1. The summed E-state index contributed by atoms with van der Waals surface area (Å²) >= 11 is 0. The SMILES string of the molecule is CC(=O)NCCNS(=O)(=O)c1ccc2c(c1)CN(C(=O)C(F)(F)F)CC2. The number of nitrogens with zero attached hydrogens (tertiary/aromatic N) is 1. The van der Waals surface area contributed by atoms with Crippen LogP contribution < -0.4 is 10.0 Å². The van der Waals surface area contributed by atoms with Crippen LogP contribution in [0.2, 0.25) is 0 Å². The average Bonchev–Trinajstić information content (AvgIpc) is 2.56. The van der Waals surface area contributed by atoms with Crippen LogP contribution in [0.4, 0.5) is 13.2 Å². The van der Waals surface area contributed by atoms with Crippen LogP contribution in [0.25, 0.3) is 0 Å². The minimum absolute atomic E-state index is 0.0301. The molecule has 0 fully saturated rings. The second-order valence-corrected chi connectivity index (χ2v) is 7.55. The fraction of sp³-hybridized carbons (Fsp3) is 0.467. The maximum Gasteiger partial charge on any atom is 0.471 e. The van der Waals surface area contributed by atoms with E-state index in [4.69, 9.17) is 0 Å². The Bertz CT molecular complexity index is 809. The molecule has 0 spiro atoms. The number of nitrogens with one attached hydrogen (secondary N) is 2. The van der Waals surface area contributed by atoms with Crippen LogP contribution in [0.5, 0.6) is 0 Å². The zero-order chi connectivity index (χ0) is 19.5. The quantitative estimate of drug-likeness (QED) is 0.714. The van der Waals surface area contributed by atoms with Gasteiger partial charge in [-0.1, -0.05) is 6.07 Å². The van der Waals surface area contributed by atoms with E-state index in [1.807, 2.05) is 0 Å².